The van der Waals surface area contributed by atoms with E-state index >= 15 is 0 Å². The second kappa shape index (κ2) is 8.77. The smallest absolute Gasteiger partial charge is 0.412 e. The van der Waals surface area contributed by atoms with Crippen molar-refractivity contribution < 1.29 is 9.53 Å². The van der Waals surface area contributed by atoms with E-state index in [4.69, 9.17) is 10.1 Å². The van der Waals surface area contributed by atoms with Gasteiger partial charge in [-0.1, -0.05) is 11.6 Å². The number of hydrogen-bond donors (Lipinski definition) is 2. The van der Waals surface area contributed by atoms with Crippen LogP contribution in [0.2, 0.25) is 0 Å². The van der Waals surface area contributed by atoms with E-state index < -0.39 is 21.7 Å². The van der Waals surface area contributed by atoms with Crippen LogP contribution in [0, 0.1) is 23.5 Å². The maximum Gasteiger partial charge on any atom is 0.412 e. The lowest BCUT2D eigenvalue weighted by Gasteiger charge is -2.20. The monoisotopic (exact) mass is 462 g/mol. The SMILES string of the molecule is Cc1ccc(NC(=O)OC(C)(C)C)c(C(=N)C#CS(C)(C)C)c1.I. The number of carbonyl (C=O) groups is 1. The number of ether oxygens (including phenoxy) is 1. The predicted octanol–water partition coefficient (Wildman–Crippen LogP) is 4.98. The molecule has 1 amide bonds. The summed E-state index contributed by atoms with van der Waals surface area (Å²) in [6.07, 6.45) is 5.68. The Hall–Kier alpha value is -1.20. The highest BCUT2D eigenvalue weighted by atomic mass is 127. The number of benzene rings is 1. The lowest BCUT2D eigenvalue weighted by Crippen LogP contribution is -2.27. The number of carbonyl (C=O) groups excluding carboxylic acids is 1. The van der Waals surface area contributed by atoms with Gasteiger partial charge in [0.1, 0.15) is 11.3 Å². The Morgan fingerprint density at radius 1 is 1.25 bits per heavy atom. The number of halogens is 1. The minimum Gasteiger partial charge on any atom is -0.444 e. The maximum atomic E-state index is 12.0. The van der Waals surface area contributed by atoms with Crippen LogP contribution in [0.4, 0.5) is 10.5 Å². The molecule has 0 aromatic heterocycles. The average molecular weight is 462 g/mol. The van der Waals surface area contributed by atoms with E-state index in [9.17, 15) is 4.79 Å². The van der Waals surface area contributed by atoms with Gasteiger partial charge < -0.3 is 4.74 Å². The molecule has 0 spiro atoms. The zero-order valence-electron chi connectivity index (χ0n) is 15.4. The summed E-state index contributed by atoms with van der Waals surface area (Å²) in [4.78, 5) is 12.0. The molecule has 0 saturated carbocycles. The van der Waals surface area contributed by atoms with E-state index in [1.807, 2.05) is 39.8 Å². The normalized spacial score (nSPS) is 11.5. The number of anilines is 1. The fraction of sp³-hybridized carbons (Fsp3) is 0.444. The fourth-order valence-corrected chi connectivity index (χ4v) is 2.07. The standard InChI is InChI=1S/C18H26N2O2S.HI/c1-13-8-9-16(20-17(21)22-18(2,3)4)14(12-13)15(19)10-11-23(5,6)7;/h8-9,12,19H,1-7H3,(H,20,21);1H. The van der Waals surface area contributed by atoms with Crippen molar-refractivity contribution >= 4 is 51.5 Å². The zero-order valence-corrected chi connectivity index (χ0v) is 18.5. The molecule has 0 aliphatic rings. The Bertz CT molecular complexity index is 677. The van der Waals surface area contributed by atoms with Crippen LogP contribution in [0.3, 0.4) is 0 Å². The third-order valence-corrected chi connectivity index (χ3v) is 3.28. The Kier molecular flexibility index (Phi) is 8.33. The Morgan fingerprint density at radius 2 is 1.83 bits per heavy atom. The van der Waals surface area contributed by atoms with E-state index in [-0.39, 0.29) is 29.7 Å². The summed E-state index contributed by atoms with van der Waals surface area (Å²) in [6, 6.07) is 5.50. The second-order valence-corrected chi connectivity index (χ2v) is 11.0. The first-order chi connectivity index (χ1) is 10.4. The van der Waals surface area contributed by atoms with Crippen molar-refractivity contribution in [1.29, 1.82) is 5.41 Å². The number of aryl methyl sites for hydroxylation is 1. The molecular formula is C18H27IN2O2S. The van der Waals surface area contributed by atoms with Crippen molar-refractivity contribution in [3.8, 4) is 11.2 Å². The molecule has 2 N–H and O–H groups in total. The van der Waals surface area contributed by atoms with Crippen molar-refractivity contribution in [3.63, 3.8) is 0 Å². The van der Waals surface area contributed by atoms with Crippen LogP contribution in [-0.2, 0) is 4.74 Å². The van der Waals surface area contributed by atoms with Crippen LogP contribution in [0.25, 0.3) is 0 Å². The van der Waals surface area contributed by atoms with E-state index in [2.05, 4.69) is 35.3 Å². The third kappa shape index (κ3) is 8.60. The second-order valence-electron chi connectivity index (χ2n) is 7.12. The van der Waals surface area contributed by atoms with Gasteiger partial charge in [0, 0.05) is 5.56 Å². The molecule has 0 heterocycles. The molecule has 4 nitrogen and oxygen atoms in total. The summed E-state index contributed by atoms with van der Waals surface area (Å²) >= 11 is 0. The molecule has 0 aliphatic heterocycles. The summed E-state index contributed by atoms with van der Waals surface area (Å²) in [5.41, 5.74) is 1.77. The van der Waals surface area contributed by atoms with Crippen LogP contribution in [0.1, 0.15) is 31.9 Å². The number of amides is 1. The van der Waals surface area contributed by atoms with E-state index in [0.29, 0.717) is 11.3 Å². The van der Waals surface area contributed by atoms with E-state index in [1.54, 1.807) is 6.07 Å². The lowest BCUT2D eigenvalue weighted by atomic mass is 10.1. The highest BCUT2D eigenvalue weighted by molar-refractivity contribution is 14.0. The van der Waals surface area contributed by atoms with Gasteiger partial charge >= 0.3 is 6.09 Å². The molecule has 6 heteroatoms. The Balaban J connectivity index is 0.00000529. The molecule has 134 valence electrons. The highest BCUT2D eigenvalue weighted by Crippen LogP contribution is 2.32. The number of rotatable bonds is 2. The minimum atomic E-state index is -1.01. The van der Waals surface area contributed by atoms with Gasteiger partial charge in [-0.05, 0) is 69.8 Å². The molecule has 24 heavy (non-hydrogen) atoms. The van der Waals surface area contributed by atoms with E-state index in [1.165, 1.54) is 0 Å². The van der Waals surface area contributed by atoms with Gasteiger partial charge in [-0.3, -0.25) is 10.7 Å². The van der Waals surface area contributed by atoms with Crippen molar-refractivity contribution in [3.05, 3.63) is 29.3 Å². The van der Waals surface area contributed by atoms with Crippen LogP contribution in [-0.4, -0.2) is 36.2 Å². The zero-order chi connectivity index (χ0) is 17.8. The molecule has 0 radical (unpaired) electrons. The topological polar surface area (TPSA) is 62.2 Å². The van der Waals surface area contributed by atoms with Crippen molar-refractivity contribution in [2.24, 2.45) is 0 Å². The average Bonchev–Trinajstić information content (AvgIpc) is 2.35. The Labute approximate surface area is 164 Å². The largest absolute Gasteiger partial charge is 0.444 e. The minimum absolute atomic E-state index is 0. The molecule has 0 atom stereocenters. The molecular weight excluding hydrogens is 435 g/mol. The van der Waals surface area contributed by atoms with Gasteiger partial charge in [-0.25, -0.2) is 4.79 Å². The van der Waals surface area contributed by atoms with Gasteiger partial charge in [-0.15, -0.1) is 24.0 Å². The summed E-state index contributed by atoms with van der Waals surface area (Å²) in [6.45, 7) is 7.36. The summed E-state index contributed by atoms with van der Waals surface area (Å²) in [5, 5.41) is 14.1. The third-order valence-electron chi connectivity index (χ3n) is 2.56. The lowest BCUT2D eigenvalue weighted by molar-refractivity contribution is 0.0636. The van der Waals surface area contributed by atoms with Gasteiger partial charge in [0.15, 0.2) is 0 Å². The quantitative estimate of drug-likeness (QED) is 0.370. The van der Waals surface area contributed by atoms with Crippen molar-refractivity contribution in [2.45, 2.75) is 33.3 Å². The first-order valence-corrected chi connectivity index (χ1v) is 10.1. The predicted molar refractivity (Wildman–Crippen MR) is 116 cm³/mol. The van der Waals surface area contributed by atoms with Gasteiger partial charge in [-0.2, -0.15) is 10.0 Å². The van der Waals surface area contributed by atoms with Crippen LogP contribution in [0.15, 0.2) is 18.2 Å². The molecule has 0 saturated heterocycles. The van der Waals surface area contributed by atoms with Crippen molar-refractivity contribution in [2.75, 3.05) is 24.1 Å². The van der Waals surface area contributed by atoms with Gasteiger partial charge in [0.25, 0.3) is 0 Å². The van der Waals surface area contributed by atoms with Gasteiger partial charge in [0.05, 0.1) is 5.69 Å². The summed E-state index contributed by atoms with van der Waals surface area (Å²) in [7, 11) is -1.01. The van der Waals surface area contributed by atoms with Crippen molar-refractivity contribution in [1.82, 2.24) is 0 Å². The van der Waals surface area contributed by atoms with E-state index in [0.717, 1.165) is 5.56 Å². The molecule has 0 bridgehead atoms. The number of hydrogen-bond acceptors (Lipinski definition) is 3. The van der Waals surface area contributed by atoms with Crippen LogP contribution in [0.5, 0.6) is 0 Å². The molecule has 1 aromatic rings. The first-order valence-electron chi connectivity index (χ1n) is 7.28. The highest BCUT2D eigenvalue weighted by Gasteiger charge is 2.18. The maximum absolute atomic E-state index is 12.0. The molecule has 1 aromatic carbocycles. The molecule has 1 rings (SSSR count). The fourth-order valence-electron chi connectivity index (χ4n) is 1.66. The Morgan fingerprint density at radius 3 is 2.33 bits per heavy atom. The molecule has 0 aliphatic carbocycles. The summed E-state index contributed by atoms with van der Waals surface area (Å²) in [5.74, 6) is 2.91. The first kappa shape index (κ1) is 22.8. The molecule has 0 unspecified atom stereocenters. The number of nitrogens with one attached hydrogen (secondary N) is 2. The summed E-state index contributed by atoms with van der Waals surface area (Å²) < 4.78 is 5.27. The van der Waals surface area contributed by atoms with Crippen LogP contribution >= 0.6 is 34.0 Å². The molecule has 0 fully saturated rings. The van der Waals surface area contributed by atoms with Gasteiger partial charge in [0.2, 0.25) is 0 Å². The van der Waals surface area contributed by atoms with Crippen LogP contribution < -0.4 is 5.32 Å².